The van der Waals surface area contributed by atoms with Gasteiger partial charge in [0.1, 0.15) is 5.82 Å². The van der Waals surface area contributed by atoms with Crippen LogP contribution in [0.25, 0.3) is 0 Å². The Morgan fingerprint density at radius 2 is 2.15 bits per heavy atom. The van der Waals surface area contributed by atoms with E-state index in [1.807, 2.05) is 17.4 Å². The van der Waals surface area contributed by atoms with Gasteiger partial charge in [0.25, 0.3) is 5.91 Å². The zero-order valence-corrected chi connectivity index (χ0v) is 11.7. The van der Waals surface area contributed by atoms with Gasteiger partial charge in [0.2, 0.25) is 0 Å². The lowest BCUT2D eigenvalue weighted by atomic mass is 10.1. The van der Waals surface area contributed by atoms with Crippen LogP contribution < -0.4 is 11.3 Å². The summed E-state index contributed by atoms with van der Waals surface area (Å²) in [5.41, 5.74) is 2.84. The Labute approximate surface area is 118 Å². The number of hydrogen-bond donors (Lipinski definition) is 3. The summed E-state index contributed by atoms with van der Waals surface area (Å²) < 4.78 is 13.7. The van der Waals surface area contributed by atoms with E-state index in [9.17, 15) is 9.18 Å². The molecule has 0 saturated heterocycles. The Morgan fingerprint density at radius 3 is 2.80 bits per heavy atom. The van der Waals surface area contributed by atoms with Crippen LogP contribution in [0.2, 0.25) is 0 Å². The van der Waals surface area contributed by atoms with Crippen molar-refractivity contribution in [3.05, 3.63) is 35.1 Å². The fourth-order valence-electron chi connectivity index (χ4n) is 1.96. The van der Waals surface area contributed by atoms with Crippen LogP contribution in [0, 0.1) is 5.82 Å². The highest BCUT2D eigenvalue weighted by atomic mass is 19.1. The maximum absolute atomic E-state index is 13.7. The van der Waals surface area contributed by atoms with E-state index in [0.29, 0.717) is 17.7 Å². The summed E-state index contributed by atoms with van der Waals surface area (Å²) in [5, 5.41) is 8.70. The number of carbonyl (C=O) groups excluding carboxylic acids is 1. The number of hydrazine groups is 1. The molecule has 0 spiro atoms. The highest BCUT2D eigenvalue weighted by molar-refractivity contribution is 5.93. The number of hydrogen-bond acceptors (Lipinski definition) is 4. The smallest absolute Gasteiger partial charge is 0.265 e. The van der Waals surface area contributed by atoms with Gasteiger partial charge in [0, 0.05) is 24.3 Å². The number of benzene rings is 1. The normalized spacial score (nSPS) is 10.8. The maximum Gasteiger partial charge on any atom is 0.265 e. The van der Waals surface area contributed by atoms with E-state index in [2.05, 4.69) is 0 Å². The van der Waals surface area contributed by atoms with Gasteiger partial charge >= 0.3 is 0 Å². The molecule has 4 N–H and O–H groups in total. The summed E-state index contributed by atoms with van der Waals surface area (Å²) >= 11 is 0. The SMILES string of the molecule is CN(CCCCCO)Cc1cc(C(=O)NN)ccc1F. The molecule has 0 bridgehead atoms. The monoisotopic (exact) mass is 283 g/mol. The fourth-order valence-corrected chi connectivity index (χ4v) is 1.96. The highest BCUT2D eigenvalue weighted by Crippen LogP contribution is 2.13. The molecule has 1 rings (SSSR count). The van der Waals surface area contributed by atoms with Crippen molar-refractivity contribution in [2.24, 2.45) is 5.84 Å². The van der Waals surface area contributed by atoms with Crippen LogP contribution in [0.4, 0.5) is 4.39 Å². The first-order valence-corrected chi connectivity index (χ1v) is 6.67. The molecule has 0 atom stereocenters. The van der Waals surface area contributed by atoms with Crippen LogP contribution in [-0.2, 0) is 6.54 Å². The van der Waals surface area contributed by atoms with E-state index < -0.39 is 5.91 Å². The van der Waals surface area contributed by atoms with Gasteiger partial charge in [-0.2, -0.15) is 0 Å². The van der Waals surface area contributed by atoms with E-state index in [-0.39, 0.29) is 12.4 Å². The molecule has 20 heavy (non-hydrogen) atoms. The molecule has 1 aromatic rings. The minimum atomic E-state index is -0.433. The van der Waals surface area contributed by atoms with Crippen LogP contribution in [0.3, 0.4) is 0 Å². The van der Waals surface area contributed by atoms with Gasteiger partial charge in [0.15, 0.2) is 0 Å². The van der Waals surface area contributed by atoms with E-state index in [1.54, 1.807) is 0 Å². The lowest BCUT2D eigenvalue weighted by Gasteiger charge is -2.17. The largest absolute Gasteiger partial charge is 0.396 e. The third-order valence-electron chi connectivity index (χ3n) is 3.08. The summed E-state index contributed by atoms with van der Waals surface area (Å²) in [7, 11) is 1.90. The number of aliphatic hydroxyl groups excluding tert-OH is 1. The third kappa shape index (κ3) is 5.24. The molecule has 0 unspecified atom stereocenters. The van der Waals surface area contributed by atoms with Gasteiger partial charge in [-0.25, -0.2) is 10.2 Å². The third-order valence-corrected chi connectivity index (χ3v) is 3.08. The van der Waals surface area contributed by atoms with Crippen LogP contribution >= 0.6 is 0 Å². The number of amides is 1. The topological polar surface area (TPSA) is 78.6 Å². The zero-order chi connectivity index (χ0) is 15.0. The number of unbranched alkanes of at least 4 members (excludes halogenated alkanes) is 2. The van der Waals surface area contributed by atoms with E-state index in [1.165, 1.54) is 18.2 Å². The first-order chi connectivity index (χ1) is 9.58. The summed E-state index contributed by atoms with van der Waals surface area (Å²) in [6.07, 6.45) is 2.68. The number of rotatable bonds is 8. The molecule has 1 amide bonds. The van der Waals surface area contributed by atoms with Crippen molar-refractivity contribution in [1.82, 2.24) is 10.3 Å². The molecule has 0 aliphatic rings. The van der Waals surface area contributed by atoms with Gasteiger partial charge < -0.3 is 10.0 Å². The predicted molar refractivity (Wildman–Crippen MR) is 75.3 cm³/mol. The molecule has 5 nitrogen and oxygen atoms in total. The number of carbonyl (C=O) groups is 1. The average Bonchev–Trinajstić information content (AvgIpc) is 2.45. The molecular formula is C14H22FN3O2. The predicted octanol–water partition coefficient (Wildman–Crippen LogP) is 1.02. The minimum Gasteiger partial charge on any atom is -0.396 e. The standard InChI is InChI=1S/C14H22FN3O2/c1-18(7-3-2-4-8-19)10-12-9-11(14(20)17-16)5-6-13(12)15/h5-6,9,19H,2-4,7-8,10,16H2,1H3,(H,17,20). The van der Waals surface area contributed by atoms with Gasteiger partial charge in [-0.15, -0.1) is 0 Å². The molecule has 0 fully saturated rings. The van der Waals surface area contributed by atoms with Crippen molar-refractivity contribution in [3.63, 3.8) is 0 Å². The van der Waals surface area contributed by atoms with Gasteiger partial charge in [0.05, 0.1) is 0 Å². The number of halogens is 1. The molecule has 0 heterocycles. The number of aliphatic hydroxyl groups is 1. The second-order valence-electron chi connectivity index (χ2n) is 4.80. The van der Waals surface area contributed by atoms with E-state index >= 15 is 0 Å². The summed E-state index contributed by atoms with van der Waals surface area (Å²) in [6, 6.07) is 4.20. The number of nitrogen functional groups attached to an aromatic ring is 1. The maximum atomic E-state index is 13.7. The lowest BCUT2D eigenvalue weighted by Crippen LogP contribution is -2.30. The molecular weight excluding hydrogens is 261 g/mol. The number of nitrogens with one attached hydrogen (secondary N) is 1. The highest BCUT2D eigenvalue weighted by Gasteiger charge is 2.10. The second kappa shape index (κ2) is 8.63. The molecule has 0 aromatic heterocycles. The Balaban J connectivity index is 2.59. The summed E-state index contributed by atoms with van der Waals surface area (Å²) in [6.45, 7) is 1.44. The Kier molecular flexibility index (Phi) is 7.14. The van der Waals surface area contributed by atoms with Gasteiger partial charge in [-0.05, 0) is 51.1 Å². The fraction of sp³-hybridized carbons (Fsp3) is 0.500. The molecule has 1 aromatic carbocycles. The molecule has 0 saturated carbocycles. The van der Waals surface area contributed by atoms with Crippen molar-refractivity contribution in [3.8, 4) is 0 Å². The van der Waals surface area contributed by atoms with Crippen molar-refractivity contribution in [2.45, 2.75) is 25.8 Å². The second-order valence-corrected chi connectivity index (χ2v) is 4.80. The molecule has 6 heteroatoms. The molecule has 112 valence electrons. The Hall–Kier alpha value is -1.50. The van der Waals surface area contributed by atoms with Crippen molar-refractivity contribution >= 4 is 5.91 Å². The average molecular weight is 283 g/mol. The number of nitrogens with zero attached hydrogens (tertiary/aromatic N) is 1. The lowest BCUT2D eigenvalue weighted by molar-refractivity contribution is 0.0953. The van der Waals surface area contributed by atoms with Crippen molar-refractivity contribution in [1.29, 1.82) is 0 Å². The summed E-state index contributed by atoms with van der Waals surface area (Å²) in [5.74, 6) is 4.30. The Morgan fingerprint density at radius 1 is 1.40 bits per heavy atom. The first kappa shape index (κ1) is 16.6. The minimum absolute atomic E-state index is 0.203. The molecule has 0 aliphatic heterocycles. The van der Waals surface area contributed by atoms with Crippen LogP contribution in [-0.4, -0.2) is 36.1 Å². The Bertz CT molecular complexity index is 440. The van der Waals surface area contributed by atoms with Crippen LogP contribution in [0.1, 0.15) is 35.2 Å². The van der Waals surface area contributed by atoms with Crippen LogP contribution in [0.15, 0.2) is 18.2 Å². The van der Waals surface area contributed by atoms with Crippen molar-refractivity contribution < 1.29 is 14.3 Å². The van der Waals surface area contributed by atoms with Crippen LogP contribution in [0.5, 0.6) is 0 Å². The quantitative estimate of drug-likeness (QED) is 0.288. The van der Waals surface area contributed by atoms with E-state index in [4.69, 9.17) is 10.9 Å². The van der Waals surface area contributed by atoms with Gasteiger partial charge in [-0.1, -0.05) is 0 Å². The first-order valence-electron chi connectivity index (χ1n) is 6.67. The zero-order valence-electron chi connectivity index (χ0n) is 11.7. The summed E-state index contributed by atoms with van der Waals surface area (Å²) in [4.78, 5) is 13.4. The molecule has 0 radical (unpaired) electrons. The number of nitrogens with two attached hydrogens (primary N) is 1. The van der Waals surface area contributed by atoms with E-state index in [0.717, 1.165) is 25.8 Å². The van der Waals surface area contributed by atoms with Gasteiger partial charge in [-0.3, -0.25) is 10.2 Å². The molecule has 0 aliphatic carbocycles. The van der Waals surface area contributed by atoms with Crippen molar-refractivity contribution in [2.75, 3.05) is 20.2 Å².